The van der Waals surface area contributed by atoms with Gasteiger partial charge in [-0.05, 0) is 31.7 Å². The molecule has 6 heteroatoms. The van der Waals surface area contributed by atoms with Gasteiger partial charge in [-0.25, -0.2) is 13.1 Å². The molecule has 1 saturated carbocycles. The maximum atomic E-state index is 12.3. The highest BCUT2D eigenvalue weighted by molar-refractivity contribution is 7.89. The van der Waals surface area contributed by atoms with Crippen molar-refractivity contribution in [3.8, 4) is 0 Å². The van der Waals surface area contributed by atoms with Crippen LogP contribution in [-0.4, -0.2) is 26.5 Å². The van der Waals surface area contributed by atoms with Crippen molar-refractivity contribution in [2.75, 3.05) is 18.4 Å². The molecule has 0 bridgehead atoms. The lowest BCUT2D eigenvalue weighted by Crippen LogP contribution is -2.29. The molecule has 0 unspecified atom stereocenters. The van der Waals surface area contributed by atoms with E-state index >= 15 is 0 Å². The monoisotopic (exact) mass is 283 g/mol. The number of nitrogens with zero attached hydrogens (tertiary/aromatic N) is 1. The molecule has 0 saturated heterocycles. The molecule has 1 aromatic rings. The first-order valence-electron chi connectivity index (χ1n) is 6.81. The Morgan fingerprint density at radius 3 is 2.79 bits per heavy atom. The van der Waals surface area contributed by atoms with Crippen molar-refractivity contribution >= 4 is 15.7 Å². The van der Waals surface area contributed by atoms with Crippen molar-refractivity contribution < 1.29 is 8.42 Å². The molecule has 2 rings (SSSR count). The lowest BCUT2D eigenvalue weighted by Gasteiger charge is -2.14. The molecule has 0 spiro atoms. The average Bonchev–Trinajstić information content (AvgIpc) is 2.91. The van der Waals surface area contributed by atoms with Crippen LogP contribution in [0.3, 0.4) is 0 Å². The minimum atomic E-state index is -3.48. The summed E-state index contributed by atoms with van der Waals surface area (Å²) in [6.45, 7) is 3.14. The van der Waals surface area contributed by atoms with Crippen LogP contribution >= 0.6 is 0 Å². The van der Waals surface area contributed by atoms with Crippen molar-refractivity contribution in [2.45, 2.75) is 37.5 Å². The number of aromatic nitrogens is 1. The maximum absolute atomic E-state index is 12.3. The van der Waals surface area contributed by atoms with Gasteiger partial charge in [0.05, 0.1) is 5.69 Å². The van der Waals surface area contributed by atoms with Crippen LogP contribution in [0.15, 0.2) is 23.4 Å². The SMILES string of the molecule is CCNc1ccncc1S(=O)(=O)NCC1CCCC1. The molecule has 106 valence electrons. The number of sulfonamides is 1. The zero-order chi connectivity index (χ0) is 13.7. The van der Waals surface area contributed by atoms with Gasteiger partial charge >= 0.3 is 0 Å². The lowest BCUT2D eigenvalue weighted by atomic mass is 10.1. The van der Waals surface area contributed by atoms with E-state index in [-0.39, 0.29) is 4.90 Å². The Morgan fingerprint density at radius 1 is 1.37 bits per heavy atom. The lowest BCUT2D eigenvalue weighted by molar-refractivity contribution is 0.519. The normalized spacial score (nSPS) is 16.7. The van der Waals surface area contributed by atoms with Crippen LogP contribution in [0.25, 0.3) is 0 Å². The Balaban J connectivity index is 2.09. The molecule has 1 aliphatic rings. The van der Waals surface area contributed by atoms with E-state index in [1.54, 1.807) is 12.3 Å². The number of rotatable bonds is 6. The number of hydrogen-bond donors (Lipinski definition) is 2. The third-order valence-corrected chi connectivity index (χ3v) is 4.93. The summed E-state index contributed by atoms with van der Waals surface area (Å²) < 4.78 is 27.3. The highest BCUT2D eigenvalue weighted by Crippen LogP contribution is 2.25. The van der Waals surface area contributed by atoms with E-state index in [2.05, 4.69) is 15.0 Å². The van der Waals surface area contributed by atoms with E-state index in [9.17, 15) is 8.42 Å². The molecule has 0 aliphatic heterocycles. The van der Waals surface area contributed by atoms with Crippen molar-refractivity contribution in [2.24, 2.45) is 5.92 Å². The van der Waals surface area contributed by atoms with Crippen molar-refractivity contribution in [3.63, 3.8) is 0 Å². The fraction of sp³-hybridized carbons (Fsp3) is 0.615. The third-order valence-electron chi connectivity index (χ3n) is 3.48. The van der Waals surface area contributed by atoms with Gasteiger partial charge in [0.25, 0.3) is 0 Å². The molecule has 2 N–H and O–H groups in total. The predicted octanol–water partition coefficient (Wildman–Crippen LogP) is 1.98. The third kappa shape index (κ3) is 3.67. The molecular weight excluding hydrogens is 262 g/mol. The van der Waals surface area contributed by atoms with Gasteiger partial charge in [0, 0.05) is 25.5 Å². The first-order valence-corrected chi connectivity index (χ1v) is 8.29. The summed E-state index contributed by atoms with van der Waals surface area (Å²) in [5, 5.41) is 3.05. The molecule has 0 aromatic carbocycles. The number of anilines is 1. The minimum absolute atomic E-state index is 0.231. The molecule has 19 heavy (non-hydrogen) atoms. The molecule has 0 radical (unpaired) electrons. The van der Waals surface area contributed by atoms with Crippen LogP contribution in [0.4, 0.5) is 5.69 Å². The summed E-state index contributed by atoms with van der Waals surface area (Å²) in [4.78, 5) is 4.15. The van der Waals surface area contributed by atoms with Crippen LogP contribution < -0.4 is 10.0 Å². The van der Waals surface area contributed by atoms with Crippen LogP contribution in [0.2, 0.25) is 0 Å². The van der Waals surface area contributed by atoms with Crippen molar-refractivity contribution in [1.82, 2.24) is 9.71 Å². The second-order valence-corrected chi connectivity index (χ2v) is 6.64. The summed E-state index contributed by atoms with van der Waals surface area (Å²) in [7, 11) is -3.48. The summed E-state index contributed by atoms with van der Waals surface area (Å²) in [5.74, 6) is 0.481. The fourth-order valence-electron chi connectivity index (χ4n) is 2.45. The Morgan fingerprint density at radius 2 is 2.11 bits per heavy atom. The molecule has 0 atom stereocenters. The Bertz CT molecular complexity index is 510. The van der Waals surface area contributed by atoms with Crippen LogP contribution in [-0.2, 0) is 10.0 Å². The highest BCUT2D eigenvalue weighted by atomic mass is 32.2. The number of pyridine rings is 1. The maximum Gasteiger partial charge on any atom is 0.244 e. The second kappa shape index (κ2) is 6.34. The summed E-state index contributed by atoms with van der Waals surface area (Å²) in [5.41, 5.74) is 0.608. The number of nitrogens with one attached hydrogen (secondary N) is 2. The topological polar surface area (TPSA) is 71.1 Å². The Hall–Kier alpha value is -1.14. The van der Waals surface area contributed by atoms with E-state index < -0.39 is 10.0 Å². The fourth-order valence-corrected chi connectivity index (χ4v) is 3.69. The first-order chi connectivity index (χ1) is 9.13. The van der Waals surface area contributed by atoms with Gasteiger partial charge in [-0.2, -0.15) is 0 Å². The van der Waals surface area contributed by atoms with Gasteiger partial charge in [0.1, 0.15) is 4.90 Å². The molecule has 1 aliphatic carbocycles. The standard InChI is InChI=1S/C13H21N3O2S/c1-2-15-12-7-8-14-10-13(12)19(17,18)16-9-11-5-3-4-6-11/h7-8,10-11,16H,2-6,9H2,1H3,(H,14,15). The smallest absolute Gasteiger partial charge is 0.244 e. The van der Waals surface area contributed by atoms with Crippen molar-refractivity contribution in [3.05, 3.63) is 18.5 Å². The second-order valence-electron chi connectivity index (χ2n) is 4.90. The van der Waals surface area contributed by atoms with Gasteiger partial charge in [-0.3, -0.25) is 4.98 Å². The van der Waals surface area contributed by atoms with Gasteiger partial charge in [-0.1, -0.05) is 12.8 Å². The summed E-state index contributed by atoms with van der Waals surface area (Å²) in [6, 6.07) is 1.69. The van der Waals surface area contributed by atoms with Crippen LogP contribution in [0, 0.1) is 5.92 Å². The Labute approximate surface area is 114 Å². The molecule has 5 nitrogen and oxygen atoms in total. The number of hydrogen-bond acceptors (Lipinski definition) is 4. The van der Waals surface area contributed by atoms with E-state index in [1.165, 1.54) is 19.0 Å². The van der Waals surface area contributed by atoms with E-state index in [4.69, 9.17) is 0 Å². The molecule has 1 aromatic heterocycles. The zero-order valence-corrected chi connectivity index (χ0v) is 12.0. The van der Waals surface area contributed by atoms with E-state index in [1.807, 2.05) is 6.92 Å². The molecule has 1 fully saturated rings. The van der Waals surface area contributed by atoms with E-state index in [0.29, 0.717) is 24.7 Å². The van der Waals surface area contributed by atoms with Crippen LogP contribution in [0.1, 0.15) is 32.6 Å². The van der Waals surface area contributed by atoms with Gasteiger partial charge in [0.15, 0.2) is 0 Å². The quantitative estimate of drug-likeness (QED) is 0.837. The zero-order valence-electron chi connectivity index (χ0n) is 11.2. The van der Waals surface area contributed by atoms with Crippen molar-refractivity contribution in [1.29, 1.82) is 0 Å². The average molecular weight is 283 g/mol. The largest absolute Gasteiger partial charge is 0.384 e. The van der Waals surface area contributed by atoms with Gasteiger partial charge in [0.2, 0.25) is 10.0 Å². The minimum Gasteiger partial charge on any atom is -0.384 e. The Kier molecular flexibility index (Phi) is 4.76. The van der Waals surface area contributed by atoms with E-state index in [0.717, 1.165) is 12.8 Å². The first kappa shape index (κ1) is 14.3. The summed E-state index contributed by atoms with van der Waals surface area (Å²) in [6.07, 6.45) is 7.65. The van der Waals surface area contributed by atoms with Crippen LogP contribution in [0.5, 0.6) is 0 Å². The predicted molar refractivity (Wildman–Crippen MR) is 75.5 cm³/mol. The van der Waals surface area contributed by atoms with Gasteiger partial charge in [-0.15, -0.1) is 0 Å². The summed E-state index contributed by atoms with van der Waals surface area (Å²) >= 11 is 0. The molecule has 0 amide bonds. The van der Waals surface area contributed by atoms with Gasteiger partial charge < -0.3 is 5.32 Å². The molecular formula is C13H21N3O2S. The molecule has 1 heterocycles. The highest BCUT2D eigenvalue weighted by Gasteiger charge is 2.22.